The van der Waals surface area contributed by atoms with Gasteiger partial charge in [-0.05, 0) is 68.0 Å². The Kier molecular flexibility index (Phi) is 6.44. The van der Waals surface area contributed by atoms with Gasteiger partial charge in [0.25, 0.3) is 0 Å². The minimum atomic E-state index is -4.03. The molecule has 2 unspecified atom stereocenters. The van der Waals surface area contributed by atoms with E-state index in [0.29, 0.717) is 36.4 Å². The molecule has 1 aliphatic heterocycles. The van der Waals surface area contributed by atoms with Gasteiger partial charge in [-0.25, -0.2) is 13.4 Å². The van der Waals surface area contributed by atoms with Crippen molar-refractivity contribution >= 4 is 44.9 Å². The number of carbonyl (C=O) groups excluding carboxylic acids is 2. The number of rotatable bonds is 7. The van der Waals surface area contributed by atoms with Crippen molar-refractivity contribution in [3.05, 3.63) is 76.8 Å². The molecular formula is C28H25Cl2N5O4S. The van der Waals surface area contributed by atoms with Crippen LogP contribution in [-0.4, -0.2) is 58.1 Å². The number of sulfone groups is 1. The molecule has 206 valence electrons. The second kappa shape index (κ2) is 9.61. The maximum absolute atomic E-state index is 14.1. The molecule has 2 heterocycles. The van der Waals surface area contributed by atoms with Gasteiger partial charge < -0.3 is 14.8 Å². The van der Waals surface area contributed by atoms with E-state index in [9.17, 15) is 23.3 Å². The molecule has 9 nitrogen and oxygen atoms in total. The van der Waals surface area contributed by atoms with Crippen molar-refractivity contribution in [1.82, 2.24) is 19.8 Å². The molecule has 12 heteroatoms. The van der Waals surface area contributed by atoms with Crippen LogP contribution in [0.25, 0.3) is 5.69 Å². The van der Waals surface area contributed by atoms with Gasteiger partial charge in [-0.1, -0.05) is 35.3 Å². The van der Waals surface area contributed by atoms with Crippen molar-refractivity contribution in [2.45, 2.75) is 59.2 Å². The van der Waals surface area contributed by atoms with Gasteiger partial charge in [0.1, 0.15) is 11.6 Å². The van der Waals surface area contributed by atoms with Crippen LogP contribution in [0.15, 0.2) is 66.1 Å². The van der Waals surface area contributed by atoms with Crippen molar-refractivity contribution < 1.29 is 18.0 Å². The molecule has 2 saturated carbocycles. The van der Waals surface area contributed by atoms with Crippen LogP contribution in [0.5, 0.6) is 0 Å². The van der Waals surface area contributed by atoms with Crippen LogP contribution in [0.4, 0.5) is 0 Å². The van der Waals surface area contributed by atoms with E-state index in [2.05, 4.69) is 16.4 Å². The standard InChI is InChI=1S/C28H25Cl2N5O4S/c29-19-3-1-18(2-4-19)28(9-10-28)26(37)35-15-21(14-23(35)25(36)33-27(16-31)7-8-27)40(38,39)24-6-5-20(13-22(24)30)34-12-11-32-17-34/h1-6,11-13,17,21,23H,7-10,14-15H2,(H,33,36). The lowest BCUT2D eigenvalue weighted by atomic mass is 9.94. The SMILES string of the molecule is N#CC1(NC(=O)C2CC(S(=O)(=O)c3ccc(-n4ccnc4)cc3Cl)CN2C(=O)C2(c3ccc(Cl)cc3)CC2)CC1. The quantitative estimate of drug-likeness (QED) is 0.441. The number of carbonyl (C=O) groups is 2. The molecule has 6 rings (SSSR count). The summed E-state index contributed by atoms with van der Waals surface area (Å²) in [6, 6.07) is 12.7. The van der Waals surface area contributed by atoms with E-state index in [1.54, 1.807) is 59.7 Å². The highest BCUT2D eigenvalue weighted by molar-refractivity contribution is 7.92. The lowest BCUT2D eigenvalue weighted by molar-refractivity contribution is -0.140. The van der Waals surface area contributed by atoms with Crippen LogP contribution < -0.4 is 5.32 Å². The summed E-state index contributed by atoms with van der Waals surface area (Å²) in [7, 11) is -4.03. The summed E-state index contributed by atoms with van der Waals surface area (Å²) < 4.78 is 29.5. The highest BCUT2D eigenvalue weighted by Gasteiger charge is 2.58. The molecule has 2 atom stereocenters. The van der Waals surface area contributed by atoms with Crippen LogP contribution in [-0.2, 0) is 24.8 Å². The lowest BCUT2D eigenvalue weighted by Gasteiger charge is -2.29. The molecule has 3 aromatic rings. The number of hydrogen-bond donors (Lipinski definition) is 1. The van der Waals surface area contributed by atoms with Crippen molar-refractivity contribution in [3.63, 3.8) is 0 Å². The van der Waals surface area contributed by atoms with E-state index in [4.69, 9.17) is 23.2 Å². The molecule has 2 amide bonds. The zero-order valence-corrected chi connectivity index (χ0v) is 23.6. The van der Waals surface area contributed by atoms with Gasteiger partial charge in [0.2, 0.25) is 11.8 Å². The summed E-state index contributed by atoms with van der Waals surface area (Å²) in [6.45, 7) is -0.159. The van der Waals surface area contributed by atoms with E-state index < -0.39 is 38.0 Å². The summed E-state index contributed by atoms with van der Waals surface area (Å²) in [4.78, 5) is 32.8. The highest BCUT2D eigenvalue weighted by atomic mass is 35.5. The number of hydrogen-bond acceptors (Lipinski definition) is 6. The van der Waals surface area contributed by atoms with Crippen molar-refractivity contribution in [2.24, 2.45) is 0 Å². The average Bonchev–Trinajstić information content (AvgIpc) is 3.78. The smallest absolute Gasteiger partial charge is 0.244 e. The number of nitrogens with one attached hydrogen (secondary N) is 1. The van der Waals surface area contributed by atoms with Crippen LogP contribution in [0.1, 0.15) is 37.7 Å². The first-order valence-electron chi connectivity index (χ1n) is 12.9. The largest absolute Gasteiger partial charge is 0.336 e. The van der Waals surface area contributed by atoms with Crippen LogP contribution in [0.3, 0.4) is 0 Å². The average molecular weight is 599 g/mol. The van der Waals surface area contributed by atoms with E-state index in [1.165, 1.54) is 11.0 Å². The minimum absolute atomic E-state index is 0.0400. The molecule has 3 aliphatic rings. The summed E-state index contributed by atoms with van der Waals surface area (Å²) in [6.07, 6.45) is 6.99. The number of aromatic nitrogens is 2. The molecule has 1 aromatic heterocycles. The molecule has 1 saturated heterocycles. The van der Waals surface area contributed by atoms with Crippen molar-refractivity contribution in [1.29, 1.82) is 5.26 Å². The van der Waals surface area contributed by atoms with Gasteiger partial charge in [0.15, 0.2) is 9.84 Å². The number of benzene rings is 2. The first-order valence-corrected chi connectivity index (χ1v) is 15.2. The van der Waals surface area contributed by atoms with Gasteiger partial charge in [-0.3, -0.25) is 9.59 Å². The maximum Gasteiger partial charge on any atom is 0.244 e. The molecular weight excluding hydrogens is 573 g/mol. The molecule has 1 N–H and O–H groups in total. The zero-order valence-electron chi connectivity index (χ0n) is 21.3. The monoisotopic (exact) mass is 597 g/mol. The molecule has 0 spiro atoms. The number of halogens is 2. The Morgan fingerprint density at radius 3 is 2.38 bits per heavy atom. The highest BCUT2D eigenvalue weighted by Crippen LogP contribution is 2.51. The number of nitrogens with zero attached hydrogens (tertiary/aromatic N) is 4. The Hall–Kier alpha value is -3.39. The summed E-state index contributed by atoms with van der Waals surface area (Å²) in [5, 5.41) is 11.8. The summed E-state index contributed by atoms with van der Waals surface area (Å²) in [5.41, 5.74) is -0.367. The van der Waals surface area contributed by atoms with Crippen LogP contribution >= 0.6 is 23.2 Å². The van der Waals surface area contributed by atoms with Crippen molar-refractivity contribution in [2.75, 3.05) is 6.54 Å². The third-order valence-corrected chi connectivity index (χ3v) is 11.0. The van der Waals surface area contributed by atoms with E-state index >= 15 is 0 Å². The fourth-order valence-electron chi connectivity index (χ4n) is 5.47. The van der Waals surface area contributed by atoms with Gasteiger partial charge in [0, 0.05) is 29.6 Å². The minimum Gasteiger partial charge on any atom is -0.336 e. The topological polar surface area (TPSA) is 125 Å². The van der Waals surface area contributed by atoms with Gasteiger partial charge >= 0.3 is 0 Å². The second-order valence-corrected chi connectivity index (χ2v) is 13.8. The van der Waals surface area contributed by atoms with E-state index in [0.717, 1.165) is 5.56 Å². The Morgan fingerprint density at radius 2 is 1.80 bits per heavy atom. The number of nitriles is 1. The Bertz CT molecular complexity index is 1640. The second-order valence-electron chi connectivity index (χ2n) is 10.7. The predicted molar refractivity (Wildman–Crippen MR) is 148 cm³/mol. The molecule has 0 radical (unpaired) electrons. The van der Waals surface area contributed by atoms with E-state index in [-0.39, 0.29) is 28.8 Å². The zero-order chi connectivity index (χ0) is 28.3. The van der Waals surface area contributed by atoms with Gasteiger partial charge in [0.05, 0.1) is 33.0 Å². The van der Waals surface area contributed by atoms with Crippen LogP contribution in [0, 0.1) is 11.3 Å². The Labute approximate surface area is 241 Å². The predicted octanol–water partition coefficient (Wildman–Crippen LogP) is 3.83. The Morgan fingerprint density at radius 1 is 1.07 bits per heavy atom. The first kappa shape index (κ1) is 26.8. The first-order chi connectivity index (χ1) is 19.1. The molecule has 3 fully saturated rings. The molecule has 2 aliphatic carbocycles. The van der Waals surface area contributed by atoms with Crippen molar-refractivity contribution in [3.8, 4) is 11.8 Å². The van der Waals surface area contributed by atoms with Crippen LogP contribution in [0.2, 0.25) is 10.0 Å². The number of imidazole rings is 1. The van der Waals surface area contributed by atoms with E-state index in [1.807, 2.05) is 0 Å². The molecule has 40 heavy (non-hydrogen) atoms. The van der Waals surface area contributed by atoms with Gasteiger partial charge in [-0.2, -0.15) is 5.26 Å². The Balaban J connectivity index is 1.32. The lowest BCUT2D eigenvalue weighted by Crippen LogP contribution is -2.51. The third kappa shape index (κ3) is 4.56. The maximum atomic E-state index is 14.1. The van der Waals surface area contributed by atoms with Gasteiger partial charge in [-0.15, -0.1) is 0 Å². The summed E-state index contributed by atoms with van der Waals surface area (Å²) in [5.74, 6) is -0.811. The number of likely N-dealkylation sites (tertiary alicyclic amines) is 1. The number of amides is 2. The third-order valence-electron chi connectivity index (χ3n) is 8.17. The fraction of sp³-hybridized carbons (Fsp3) is 0.357. The molecule has 2 aromatic carbocycles. The summed E-state index contributed by atoms with van der Waals surface area (Å²) >= 11 is 12.5. The molecule has 0 bridgehead atoms. The normalized spacial score (nSPS) is 22.4. The fourth-order valence-corrected chi connectivity index (χ4v) is 7.83.